The van der Waals surface area contributed by atoms with Crippen molar-refractivity contribution in [3.05, 3.63) is 71.7 Å². The van der Waals surface area contributed by atoms with Gasteiger partial charge in [-0.25, -0.2) is 4.39 Å². The number of halogens is 1. The molecule has 0 unspecified atom stereocenters. The smallest absolute Gasteiger partial charge is 0.251 e. The van der Waals surface area contributed by atoms with Crippen molar-refractivity contribution in [3.63, 3.8) is 0 Å². The van der Waals surface area contributed by atoms with Crippen LogP contribution in [0.2, 0.25) is 0 Å². The SMILES string of the molecule is CCOc1ccc(CNC(=O)c2ccc3ncccc3c2)c(F)c1. The minimum Gasteiger partial charge on any atom is -0.494 e. The minimum atomic E-state index is -0.399. The maximum atomic E-state index is 14.0. The first-order valence-electron chi connectivity index (χ1n) is 7.71. The molecule has 1 heterocycles. The van der Waals surface area contributed by atoms with Gasteiger partial charge in [-0.15, -0.1) is 0 Å². The van der Waals surface area contributed by atoms with Crippen LogP contribution in [0.15, 0.2) is 54.7 Å². The Morgan fingerprint density at radius 1 is 1.21 bits per heavy atom. The number of carbonyl (C=O) groups excluding carboxylic acids is 1. The number of nitrogens with zero attached hydrogens (tertiary/aromatic N) is 1. The Balaban J connectivity index is 1.70. The van der Waals surface area contributed by atoms with Gasteiger partial charge in [0, 0.05) is 35.3 Å². The summed E-state index contributed by atoms with van der Waals surface area (Å²) in [5.74, 6) is -0.176. The molecular formula is C19H17FN2O2. The summed E-state index contributed by atoms with van der Waals surface area (Å²) in [5, 5.41) is 3.62. The highest BCUT2D eigenvalue weighted by molar-refractivity contribution is 5.97. The number of fused-ring (bicyclic) bond motifs is 1. The van der Waals surface area contributed by atoms with E-state index >= 15 is 0 Å². The van der Waals surface area contributed by atoms with E-state index in [-0.39, 0.29) is 12.5 Å². The van der Waals surface area contributed by atoms with Gasteiger partial charge >= 0.3 is 0 Å². The number of pyridine rings is 1. The summed E-state index contributed by atoms with van der Waals surface area (Å²) < 4.78 is 19.2. The lowest BCUT2D eigenvalue weighted by atomic mass is 10.1. The van der Waals surface area contributed by atoms with Gasteiger partial charge in [0.1, 0.15) is 11.6 Å². The van der Waals surface area contributed by atoms with E-state index < -0.39 is 5.82 Å². The van der Waals surface area contributed by atoms with Gasteiger partial charge in [0.05, 0.1) is 12.1 Å². The zero-order chi connectivity index (χ0) is 16.9. The first-order chi connectivity index (χ1) is 11.7. The minimum absolute atomic E-state index is 0.113. The average molecular weight is 324 g/mol. The Hall–Kier alpha value is -2.95. The number of aromatic nitrogens is 1. The van der Waals surface area contributed by atoms with Gasteiger partial charge < -0.3 is 10.1 Å². The van der Waals surface area contributed by atoms with Crippen LogP contribution in [0.3, 0.4) is 0 Å². The Bertz CT molecular complexity index is 880. The van der Waals surface area contributed by atoms with Crippen LogP contribution >= 0.6 is 0 Å². The Morgan fingerprint density at radius 3 is 2.88 bits per heavy atom. The molecule has 0 saturated heterocycles. The van der Waals surface area contributed by atoms with E-state index in [4.69, 9.17) is 4.74 Å². The highest BCUT2D eigenvalue weighted by Crippen LogP contribution is 2.17. The first-order valence-corrected chi connectivity index (χ1v) is 7.71. The van der Waals surface area contributed by atoms with Crippen molar-refractivity contribution in [2.24, 2.45) is 0 Å². The molecule has 2 aromatic carbocycles. The highest BCUT2D eigenvalue weighted by atomic mass is 19.1. The number of ether oxygens (including phenoxy) is 1. The molecule has 122 valence electrons. The molecule has 0 radical (unpaired) electrons. The average Bonchev–Trinajstić information content (AvgIpc) is 2.60. The topological polar surface area (TPSA) is 51.2 Å². The monoisotopic (exact) mass is 324 g/mol. The number of hydrogen-bond donors (Lipinski definition) is 1. The Kier molecular flexibility index (Phi) is 4.70. The molecule has 0 atom stereocenters. The maximum absolute atomic E-state index is 14.0. The molecule has 4 nitrogen and oxygen atoms in total. The molecule has 1 aromatic heterocycles. The van der Waals surface area contributed by atoms with Gasteiger partial charge in [-0.2, -0.15) is 0 Å². The van der Waals surface area contributed by atoms with E-state index in [0.29, 0.717) is 23.5 Å². The molecule has 1 amide bonds. The fraction of sp³-hybridized carbons (Fsp3) is 0.158. The van der Waals surface area contributed by atoms with Crippen molar-refractivity contribution in [3.8, 4) is 5.75 Å². The molecule has 0 spiro atoms. The Labute approximate surface area is 139 Å². The first kappa shape index (κ1) is 15.9. The molecule has 1 N–H and O–H groups in total. The van der Waals surface area contributed by atoms with Crippen LogP contribution in [0.25, 0.3) is 10.9 Å². The van der Waals surface area contributed by atoms with Crippen LogP contribution in [0.5, 0.6) is 5.75 Å². The van der Waals surface area contributed by atoms with Crippen molar-refractivity contribution < 1.29 is 13.9 Å². The third kappa shape index (κ3) is 3.51. The van der Waals surface area contributed by atoms with Crippen molar-refractivity contribution in [1.82, 2.24) is 10.3 Å². The molecule has 0 aliphatic heterocycles. The summed E-state index contributed by atoms with van der Waals surface area (Å²) >= 11 is 0. The standard InChI is InChI=1S/C19H17FN2O2/c1-2-24-16-7-5-15(17(20)11-16)12-22-19(23)14-6-8-18-13(10-14)4-3-9-21-18/h3-11H,2,12H2,1H3,(H,22,23). The molecule has 0 fully saturated rings. The predicted octanol–water partition coefficient (Wildman–Crippen LogP) is 3.70. The lowest BCUT2D eigenvalue weighted by Gasteiger charge is -2.09. The number of benzene rings is 2. The molecular weight excluding hydrogens is 307 g/mol. The molecule has 24 heavy (non-hydrogen) atoms. The number of hydrogen-bond acceptors (Lipinski definition) is 3. The largest absolute Gasteiger partial charge is 0.494 e. The molecule has 0 aliphatic rings. The number of carbonyl (C=O) groups is 1. The van der Waals surface area contributed by atoms with Gasteiger partial charge in [0.25, 0.3) is 5.91 Å². The second kappa shape index (κ2) is 7.08. The van der Waals surface area contributed by atoms with Gasteiger partial charge in [0.15, 0.2) is 0 Å². The quantitative estimate of drug-likeness (QED) is 0.778. The van der Waals surface area contributed by atoms with Crippen LogP contribution in [0, 0.1) is 5.82 Å². The van der Waals surface area contributed by atoms with E-state index in [1.54, 1.807) is 36.5 Å². The zero-order valence-electron chi connectivity index (χ0n) is 13.3. The van der Waals surface area contributed by atoms with Gasteiger partial charge in [-0.05, 0) is 37.3 Å². The third-order valence-electron chi connectivity index (χ3n) is 3.64. The second-order valence-corrected chi connectivity index (χ2v) is 5.28. The number of rotatable bonds is 5. The summed E-state index contributed by atoms with van der Waals surface area (Å²) in [4.78, 5) is 16.5. The van der Waals surface area contributed by atoms with E-state index in [2.05, 4.69) is 10.3 Å². The summed E-state index contributed by atoms with van der Waals surface area (Å²) in [6, 6.07) is 13.6. The van der Waals surface area contributed by atoms with Crippen LogP contribution in [0.4, 0.5) is 4.39 Å². The molecule has 5 heteroatoms. The van der Waals surface area contributed by atoms with Crippen molar-refractivity contribution >= 4 is 16.8 Å². The van der Waals surface area contributed by atoms with E-state index in [0.717, 1.165) is 10.9 Å². The molecule has 3 rings (SSSR count). The van der Waals surface area contributed by atoms with Gasteiger partial charge in [0.2, 0.25) is 0 Å². The predicted molar refractivity (Wildman–Crippen MR) is 90.5 cm³/mol. The molecule has 3 aromatic rings. The number of nitrogens with one attached hydrogen (secondary N) is 1. The summed E-state index contributed by atoms with van der Waals surface area (Å²) in [6.07, 6.45) is 1.71. The third-order valence-corrected chi connectivity index (χ3v) is 3.64. The summed E-state index contributed by atoms with van der Waals surface area (Å²) in [5.41, 5.74) is 1.75. The summed E-state index contributed by atoms with van der Waals surface area (Å²) in [6.45, 7) is 2.43. The van der Waals surface area contributed by atoms with Crippen LogP contribution in [-0.4, -0.2) is 17.5 Å². The van der Waals surface area contributed by atoms with Crippen LogP contribution < -0.4 is 10.1 Å². The van der Waals surface area contributed by atoms with Gasteiger partial charge in [-0.1, -0.05) is 12.1 Å². The number of amides is 1. The Morgan fingerprint density at radius 2 is 2.08 bits per heavy atom. The zero-order valence-corrected chi connectivity index (χ0v) is 13.3. The van der Waals surface area contributed by atoms with Crippen LogP contribution in [0.1, 0.15) is 22.8 Å². The van der Waals surface area contributed by atoms with E-state index in [1.165, 1.54) is 6.07 Å². The molecule has 0 saturated carbocycles. The fourth-order valence-electron chi connectivity index (χ4n) is 2.42. The van der Waals surface area contributed by atoms with E-state index in [9.17, 15) is 9.18 Å². The summed E-state index contributed by atoms with van der Waals surface area (Å²) in [7, 11) is 0. The lowest BCUT2D eigenvalue weighted by molar-refractivity contribution is 0.0950. The normalized spacial score (nSPS) is 10.6. The van der Waals surface area contributed by atoms with Crippen molar-refractivity contribution in [1.29, 1.82) is 0 Å². The second-order valence-electron chi connectivity index (χ2n) is 5.28. The van der Waals surface area contributed by atoms with Gasteiger partial charge in [-0.3, -0.25) is 9.78 Å². The van der Waals surface area contributed by atoms with Crippen molar-refractivity contribution in [2.75, 3.05) is 6.61 Å². The lowest BCUT2D eigenvalue weighted by Crippen LogP contribution is -2.23. The maximum Gasteiger partial charge on any atom is 0.251 e. The highest BCUT2D eigenvalue weighted by Gasteiger charge is 2.09. The van der Waals surface area contributed by atoms with Crippen molar-refractivity contribution in [2.45, 2.75) is 13.5 Å². The fourth-order valence-corrected chi connectivity index (χ4v) is 2.42. The molecule has 0 aliphatic carbocycles. The molecule has 0 bridgehead atoms. The van der Waals surface area contributed by atoms with Crippen LogP contribution in [-0.2, 0) is 6.54 Å². The van der Waals surface area contributed by atoms with E-state index in [1.807, 2.05) is 19.1 Å².